The van der Waals surface area contributed by atoms with Crippen LogP contribution in [-0.4, -0.2) is 74.5 Å². The Kier molecular flexibility index (Phi) is 11.7. The second kappa shape index (κ2) is 15.9. The number of nitrogens with one attached hydrogen (secondary N) is 2. The van der Waals surface area contributed by atoms with E-state index in [-0.39, 0.29) is 24.3 Å². The molecule has 0 bridgehead atoms. The number of aryl methyl sites for hydroxylation is 1. The number of amides is 3. The molecule has 1 aliphatic heterocycles. The van der Waals surface area contributed by atoms with E-state index in [1.165, 1.54) is 0 Å². The lowest BCUT2D eigenvalue weighted by Gasteiger charge is -2.32. The van der Waals surface area contributed by atoms with Crippen molar-refractivity contribution in [3.63, 3.8) is 0 Å². The lowest BCUT2D eigenvalue weighted by molar-refractivity contribution is -0.132. The highest BCUT2D eigenvalue weighted by Gasteiger charge is 2.19. The summed E-state index contributed by atoms with van der Waals surface area (Å²) in [7, 11) is 3.63. The van der Waals surface area contributed by atoms with Crippen LogP contribution in [0.5, 0.6) is 5.75 Å². The molecule has 3 aromatic carbocycles. The lowest BCUT2D eigenvalue weighted by Crippen LogP contribution is -2.47. The Morgan fingerprint density at radius 3 is 2.34 bits per heavy atom. The zero-order valence-electron chi connectivity index (χ0n) is 25.9. The van der Waals surface area contributed by atoms with Crippen molar-refractivity contribution in [3.8, 4) is 5.75 Å². The number of ether oxygens (including phenoxy) is 2. The van der Waals surface area contributed by atoms with E-state index in [2.05, 4.69) is 22.6 Å². The maximum Gasteiger partial charge on any atom is 0.257 e. The maximum atomic E-state index is 13.3. The highest BCUT2D eigenvalue weighted by atomic mass is 16.5. The summed E-state index contributed by atoms with van der Waals surface area (Å²) >= 11 is 0. The molecule has 1 aliphatic rings. The molecule has 0 atom stereocenters. The summed E-state index contributed by atoms with van der Waals surface area (Å²) in [6, 6.07) is 17.5. The van der Waals surface area contributed by atoms with Gasteiger partial charge in [-0.15, -0.1) is 0 Å². The van der Waals surface area contributed by atoms with Crippen LogP contribution in [-0.2, 0) is 16.1 Å². The van der Waals surface area contributed by atoms with Gasteiger partial charge >= 0.3 is 0 Å². The van der Waals surface area contributed by atoms with Crippen LogP contribution in [0.25, 0.3) is 0 Å². The Morgan fingerprint density at radius 1 is 0.864 bits per heavy atom. The molecule has 234 valence electrons. The van der Waals surface area contributed by atoms with Gasteiger partial charge in [0.1, 0.15) is 5.75 Å². The number of carbonyl (C=O) groups is 3. The molecule has 3 aromatic rings. The Bertz CT molecular complexity index is 1450. The van der Waals surface area contributed by atoms with Gasteiger partial charge < -0.3 is 35.6 Å². The normalized spacial score (nSPS) is 13.4. The lowest BCUT2D eigenvalue weighted by atomic mass is 10.1. The average Bonchev–Trinajstić information content (AvgIpc) is 3.01. The fourth-order valence-electron chi connectivity index (χ4n) is 5.02. The van der Waals surface area contributed by atoms with Crippen LogP contribution in [0.15, 0.2) is 60.7 Å². The van der Waals surface area contributed by atoms with Crippen molar-refractivity contribution < 1.29 is 23.9 Å². The first-order chi connectivity index (χ1) is 21.2. The number of nitrogen functional groups attached to an aromatic ring is 1. The molecule has 1 saturated heterocycles. The Balaban J connectivity index is 1.32. The van der Waals surface area contributed by atoms with E-state index in [1.54, 1.807) is 49.6 Å². The standard InChI is InChI=1S/C34H43N5O5/c1-24-12-14-30(31(21-24)44-20-8-4-5-11-32(40)39-18-16-38(2)17-19-39)37-33(41)25-13-15-29(26(22-25)23-43-3)36-34(42)27-9-6-7-10-28(27)35/h6-7,9-10,12-15,21-22H,4-5,8,11,16-20,23,35H2,1-3H3,(H,36,42)(H,37,41). The number of hydrogen-bond acceptors (Lipinski definition) is 7. The van der Waals surface area contributed by atoms with Crippen molar-refractivity contribution in [1.82, 2.24) is 9.80 Å². The minimum absolute atomic E-state index is 0.195. The molecule has 1 fully saturated rings. The molecule has 4 rings (SSSR count). The molecule has 0 radical (unpaired) electrons. The number of unbranched alkanes of at least 4 members (excludes halogenated alkanes) is 2. The van der Waals surface area contributed by atoms with Crippen LogP contribution in [0.3, 0.4) is 0 Å². The first kappa shape index (κ1) is 32.5. The van der Waals surface area contributed by atoms with Crippen LogP contribution in [0.1, 0.15) is 57.5 Å². The van der Waals surface area contributed by atoms with Gasteiger partial charge in [-0.3, -0.25) is 14.4 Å². The second-order valence-corrected chi connectivity index (χ2v) is 11.1. The molecule has 10 nitrogen and oxygen atoms in total. The van der Waals surface area contributed by atoms with Gasteiger partial charge in [0, 0.05) is 62.2 Å². The molecule has 1 heterocycles. The predicted octanol–water partition coefficient (Wildman–Crippen LogP) is 4.94. The molecule has 3 amide bonds. The number of methoxy groups -OCH3 is 1. The van der Waals surface area contributed by atoms with E-state index in [1.807, 2.05) is 30.0 Å². The van der Waals surface area contributed by atoms with Crippen LogP contribution >= 0.6 is 0 Å². The summed E-state index contributed by atoms with van der Waals surface area (Å²) in [5.41, 5.74) is 9.86. The van der Waals surface area contributed by atoms with Crippen molar-refractivity contribution in [1.29, 1.82) is 0 Å². The largest absolute Gasteiger partial charge is 0.491 e. The van der Waals surface area contributed by atoms with Crippen LogP contribution in [0, 0.1) is 6.92 Å². The van der Waals surface area contributed by atoms with Gasteiger partial charge in [-0.25, -0.2) is 0 Å². The van der Waals surface area contributed by atoms with Gasteiger partial charge in [0.15, 0.2) is 0 Å². The number of hydrogen-bond donors (Lipinski definition) is 3. The van der Waals surface area contributed by atoms with Crippen molar-refractivity contribution in [2.75, 3.05) is 63.3 Å². The number of nitrogens with zero attached hydrogens (tertiary/aromatic N) is 2. The first-order valence-electron chi connectivity index (χ1n) is 15.0. The van der Waals surface area contributed by atoms with Gasteiger partial charge in [0.2, 0.25) is 5.91 Å². The third-order valence-electron chi connectivity index (χ3n) is 7.65. The first-order valence-corrected chi connectivity index (χ1v) is 15.0. The molecule has 0 aromatic heterocycles. The highest BCUT2D eigenvalue weighted by Crippen LogP contribution is 2.28. The third-order valence-corrected chi connectivity index (χ3v) is 7.65. The summed E-state index contributed by atoms with van der Waals surface area (Å²) in [5, 5.41) is 5.83. The van der Waals surface area contributed by atoms with Gasteiger partial charge in [-0.05, 0) is 81.3 Å². The molecular weight excluding hydrogens is 558 g/mol. The fraction of sp³-hybridized carbons (Fsp3) is 0.382. The Morgan fingerprint density at radius 2 is 1.59 bits per heavy atom. The van der Waals surface area contributed by atoms with Crippen LogP contribution in [0.4, 0.5) is 17.1 Å². The van der Waals surface area contributed by atoms with E-state index in [0.717, 1.165) is 51.0 Å². The molecule has 44 heavy (non-hydrogen) atoms. The molecule has 0 spiro atoms. The number of piperazine rings is 1. The fourth-order valence-corrected chi connectivity index (χ4v) is 5.02. The molecule has 4 N–H and O–H groups in total. The van der Waals surface area contributed by atoms with E-state index in [4.69, 9.17) is 15.2 Å². The molecule has 0 aliphatic carbocycles. The van der Waals surface area contributed by atoms with E-state index in [0.29, 0.717) is 52.5 Å². The Hall–Kier alpha value is -4.41. The average molecular weight is 602 g/mol. The van der Waals surface area contributed by atoms with Gasteiger partial charge in [-0.2, -0.15) is 0 Å². The van der Waals surface area contributed by atoms with Crippen molar-refractivity contribution >= 4 is 34.8 Å². The zero-order chi connectivity index (χ0) is 31.5. The third kappa shape index (κ3) is 9.05. The van der Waals surface area contributed by atoms with Gasteiger partial charge in [-0.1, -0.05) is 18.2 Å². The van der Waals surface area contributed by atoms with Crippen molar-refractivity contribution in [3.05, 3.63) is 82.9 Å². The topological polar surface area (TPSA) is 126 Å². The summed E-state index contributed by atoms with van der Waals surface area (Å²) in [5.74, 6) is 0.158. The number of benzene rings is 3. The van der Waals surface area contributed by atoms with Crippen LogP contribution in [0.2, 0.25) is 0 Å². The smallest absolute Gasteiger partial charge is 0.257 e. The van der Waals surface area contributed by atoms with E-state index < -0.39 is 0 Å². The van der Waals surface area contributed by atoms with Crippen molar-refractivity contribution in [2.24, 2.45) is 0 Å². The van der Waals surface area contributed by atoms with E-state index in [9.17, 15) is 14.4 Å². The molecular formula is C34H43N5O5. The number of likely N-dealkylation sites (N-methyl/N-ethyl adjacent to an activating group) is 1. The summed E-state index contributed by atoms with van der Waals surface area (Å²) in [4.78, 5) is 42.8. The molecule has 10 heteroatoms. The minimum atomic E-state index is -0.347. The monoisotopic (exact) mass is 601 g/mol. The number of rotatable bonds is 13. The van der Waals surface area contributed by atoms with Crippen LogP contribution < -0.4 is 21.1 Å². The number of para-hydroxylation sites is 1. The van der Waals surface area contributed by atoms with E-state index >= 15 is 0 Å². The maximum absolute atomic E-state index is 13.3. The highest BCUT2D eigenvalue weighted by molar-refractivity contribution is 6.09. The number of anilines is 3. The van der Waals surface area contributed by atoms with Gasteiger partial charge in [0.05, 0.1) is 24.5 Å². The summed E-state index contributed by atoms with van der Waals surface area (Å²) in [6.07, 6.45) is 3.07. The zero-order valence-corrected chi connectivity index (χ0v) is 25.9. The summed E-state index contributed by atoms with van der Waals surface area (Å²) < 4.78 is 11.4. The minimum Gasteiger partial charge on any atom is -0.491 e. The van der Waals surface area contributed by atoms with Crippen molar-refractivity contribution in [2.45, 2.75) is 39.2 Å². The predicted molar refractivity (Wildman–Crippen MR) is 173 cm³/mol. The molecule has 0 saturated carbocycles. The second-order valence-electron chi connectivity index (χ2n) is 11.1. The number of carbonyl (C=O) groups excluding carboxylic acids is 3. The quantitative estimate of drug-likeness (QED) is 0.187. The Labute approximate surface area is 259 Å². The number of nitrogens with two attached hydrogens (primary N) is 1. The summed E-state index contributed by atoms with van der Waals surface area (Å²) in [6.45, 7) is 6.11. The van der Waals surface area contributed by atoms with Gasteiger partial charge in [0.25, 0.3) is 11.8 Å². The molecule has 0 unspecified atom stereocenters. The SMILES string of the molecule is COCc1cc(C(=O)Nc2ccc(C)cc2OCCCCCC(=O)N2CCN(C)CC2)ccc1NC(=O)c1ccccc1N.